The highest BCUT2D eigenvalue weighted by molar-refractivity contribution is 7.92. The van der Waals surface area contributed by atoms with Crippen LogP contribution in [0.25, 0.3) is 11.3 Å². The van der Waals surface area contributed by atoms with Gasteiger partial charge in [-0.3, -0.25) is 4.72 Å². The van der Waals surface area contributed by atoms with Crippen LogP contribution in [0.5, 0.6) is 0 Å². The van der Waals surface area contributed by atoms with E-state index in [2.05, 4.69) is 10.2 Å². The molecule has 0 fully saturated rings. The van der Waals surface area contributed by atoms with Gasteiger partial charge < -0.3 is 0 Å². The topological polar surface area (TPSA) is 106 Å². The molecule has 0 saturated carbocycles. The van der Waals surface area contributed by atoms with Gasteiger partial charge in [-0.15, -0.1) is 10.2 Å². The lowest BCUT2D eigenvalue weighted by Crippen LogP contribution is -2.17. The van der Waals surface area contributed by atoms with Crippen molar-refractivity contribution in [2.45, 2.75) is 29.2 Å². The molecular weight excluding hydrogens is 524 g/mol. The van der Waals surface area contributed by atoms with E-state index >= 15 is 0 Å². The molecule has 0 bridgehead atoms. The molecule has 1 aromatic heterocycles. The van der Waals surface area contributed by atoms with Crippen molar-refractivity contribution in [2.24, 2.45) is 0 Å². The maximum Gasteiger partial charge on any atom is 0.416 e. The minimum atomic E-state index is -5.22. The van der Waals surface area contributed by atoms with E-state index in [1.54, 1.807) is 0 Å². The predicted octanol–water partition coefficient (Wildman–Crippen LogP) is 4.78. The van der Waals surface area contributed by atoms with Crippen LogP contribution in [0.1, 0.15) is 18.1 Å². The molecule has 1 N–H and O–H groups in total. The van der Waals surface area contributed by atoms with Crippen LogP contribution < -0.4 is 4.72 Å². The number of rotatable bonds is 6. The van der Waals surface area contributed by atoms with Crippen molar-refractivity contribution in [1.29, 1.82) is 0 Å². The maximum atomic E-state index is 13.1. The molecule has 0 aliphatic carbocycles. The number of hydrogen-bond acceptors (Lipinski definition) is 6. The molecule has 0 atom stereocenters. The first-order valence-corrected chi connectivity index (χ1v) is 12.7. The van der Waals surface area contributed by atoms with Gasteiger partial charge in [0.2, 0.25) is 0 Å². The van der Waals surface area contributed by atoms with Crippen molar-refractivity contribution >= 4 is 25.5 Å². The molecule has 35 heavy (non-hydrogen) atoms. The second kappa shape index (κ2) is 9.11. The Morgan fingerprint density at radius 2 is 1.40 bits per heavy atom. The monoisotopic (exact) mass is 539 g/mol. The van der Waals surface area contributed by atoms with Gasteiger partial charge in [0.25, 0.3) is 10.0 Å². The summed E-state index contributed by atoms with van der Waals surface area (Å²) in [5.74, 6) is -0.204. The highest BCUT2D eigenvalue weighted by Crippen LogP contribution is 2.37. The molecule has 3 rings (SSSR count). The number of sulfonamides is 1. The molecule has 0 aliphatic heterocycles. The van der Waals surface area contributed by atoms with Crippen LogP contribution in [-0.4, -0.2) is 32.8 Å². The van der Waals surface area contributed by atoms with Gasteiger partial charge in [0, 0.05) is 11.3 Å². The Hall–Kier alpha value is -3.20. The highest BCUT2D eigenvalue weighted by atomic mass is 32.2. The van der Waals surface area contributed by atoms with Crippen molar-refractivity contribution in [2.75, 3.05) is 10.5 Å². The minimum Gasteiger partial charge on any atom is -0.280 e. The SMILES string of the molecule is CCS(=O)(=O)c1ccc(-c2cccc(NS(=O)(=O)c3cc(C(F)(F)F)cc(C(F)(F)F)c3)c2)nn1. The molecular formula is C20H15F6N3O4S2. The molecule has 0 spiro atoms. The number of halogens is 6. The number of sulfone groups is 1. The van der Waals surface area contributed by atoms with Gasteiger partial charge in [0.15, 0.2) is 14.9 Å². The van der Waals surface area contributed by atoms with E-state index in [4.69, 9.17) is 0 Å². The van der Waals surface area contributed by atoms with Crippen LogP contribution in [0.15, 0.2) is 64.5 Å². The number of benzene rings is 2. The molecule has 188 valence electrons. The Bertz CT molecular complexity index is 1420. The van der Waals surface area contributed by atoms with Gasteiger partial charge in [-0.1, -0.05) is 19.1 Å². The zero-order valence-electron chi connectivity index (χ0n) is 17.5. The van der Waals surface area contributed by atoms with Crippen molar-refractivity contribution < 1.29 is 43.2 Å². The van der Waals surface area contributed by atoms with Crippen LogP contribution in [0.3, 0.4) is 0 Å². The lowest BCUT2D eigenvalue weighted by atomic mass is 10.1. The summed E-state index contributed by atoms with van der Waals surface area (Å²) in [5.41, 5.74) is -3.36. The third-order valence-electron chi connectivity index (χ3n) is 4.62. The van der Waals surface area contributed by atoms with Crippen molar-refractivity contribution in [3.63, 3.8) is 0 Å². The average Bonchev–Trinajstić information content (AvgIpc) is 2.77. The third kappa shape index (κ3) is 6.08. The second-order valence-corrected chi connectivity index (χ2v) is 11.0. The van der Waals surface area contributed by atoms with Crippen molar-refractivity contribution in [3.8, 4) is 11.3 Å². The van der Waals surface area contributed by atoms with Crippen LogP contribution in [-0.2, 0) is 32.2 Å². The number of hydrogen-bond donors (Lipinski definition) is 1. The summed E-state index contributed by atoms with van der Waals surface area (Å²) in [7, 11) is -8.49. The molecule has 7 nitrogen and oxygen atoms in total. The standard InChI is InChI=1S/C20H15F6N3O4S2/c1-2-34(30,31)18-7-6-17(27-28-18)12-4-3-5-15(8-12)29-35(32,33)16-10-13(19(21,22)23)9-14(11-16)20(24,25)26/h3-11,29H,2H2,1H3. The third-order valence-corrected chi connectivity index (χ3v) is 7.60. The van der Waals surface area contributed by atoms with Crippen molar-refractivity contribution in [1.82, 2.24) is 10.2 Å². The molecule has 2 aromatic carbocycles. The second-order valence-electron chi connectivity index (χ2n) is 7.09. The Balaban J connectivity index is 1.98. The first-order valence-electron chi connectivity index (χ1n) is 9.52. The van der Waals surface area contributed by atoms with Crippen molar-refractivity contribution in [3.05, 3.63) is 65.7 Å². The predicted molar refractivity (Wildman–Crippen MR) is 112 cm³/mol. The van der Waals surface area contributed by atoms with Gasteiger partial charge in [0.05, 0.1) is 27.5 Å². The van der Waals surface area contributed by atoms with E-state index in [1.807, 2.05) is 4.72 Å². The maximum absolute atomic E-state index is 13.1. The average molecular weight is 539 g/mol. The number of alkyl halides is 6. The smallest absolute Gasteiger partial charge is 0.280 e. The first-order chi connectivity index (χ1) is 16.0. The van der Waals surface area contributed by atoms with Gasteiger partial charge in [-0.2, -0.15) is 26.3 Å². The van der Waals surface area contributed by atoms with E-state index in [0.29, 0.717) is 0 Å². The van der Waals surface area contributed by atoms with Crippen LogP contribution in [0.2, 0.25) is 0 Å². The zero-order valence-corrected chi connectivity index (χ0v) is 19.1. The van der Waals surface area contributed by atoms with Crippen LogP contribution in [0.4, 0.5) is 32.0 Å². The fourth-order valence-electron chi connectivity index (χ4n) is 2.83. The normalized spacial score (nSPS) is 13.0. The Morgan fingerprint density at radius 3 is 1.89 bits per heavy atom. The summed E-state index contributed by atoms with van der Waals surface area (Å²) >= 11 is 0. The zero-order chi connectivity index (χ0) is 26.2. The Labute approximate surface area is 195 Å². The van der Waals surface area contributed by atoms with Crippen LogP contribution >= 0.6 is 0 Å². The molecule has 0 radical (unpaired) electrons. The van der Waals surface area contributed by atoms with E-state index < -0.39 is 48.2 Å². The van der Waals surface area contributed by atoms with E-state index in [0.717, 1.165) is 0 Å². The fraction of sp³-hybridized carbons (Fsp3) is 0.200. The summed E-state index contributed by atoms with van der Waals surface area (Å²) in [6.07, 6.45) is -10.4. The molecule has 3 aromatic rings. The Kier molecular flexibility index (Phi) is 6.87. The molecule has 15 heteroatoms. The number of anilines is 1. The molecule has 0 aliphatic rings. The number of nitrogens with zero attached hydrogens (tertiary/aromatic N) is 2. The summed E-state index contributed by atoms with van der Waals surface area (Å²) in [5, 5.41) is 7.13. The lowest BCUT2D eigenvalue weighted by Gasteiger charge is -2.15. The fourth-order valence-corrected chi connectivity index (χ4v) is 4.68. The lowest BCUT2D eigenvalue weighted by molar-refractivity contribution is -0.143. The minimum absolute atomic E-state index is 0.0970. The highest BCUT2D eigenvalue weighted by Gasteiger charge is 2.38. The van der Waals surface area contributed by atoms with Gasteiger partial charge >= 0.3 is 12.4 Å². The summed E-state index contributed by atoms with van der Waals surface area (Å²) < 4.78 is 129. The van der Waals surface area contributed by atoms with E-state index in [1.165, 1.54) is 43.3 Å². The molecule has 0 saturated heterocycles. The molecule has 0 amide bonds. The van der Waals surface area contributed by atoms with Crippen LogP contribution in [0, 0.1) is 0 Å². The first kappa shape index (κ1) is 26.4. The van der Waals surface area contributed by atoms with E-state index in [-0.39, 0.29) is 45.9 Å². The number of aromatic nitrogens is 2. The van der Waals surface area contributed by atoms with Gasteiger partial charge in [-0.05, 0) is 42.5 Å². The van der Waals surface area contributed by atoms with E-state index in [9.17, 15) is 43.2 Å². The number of nitrogens with one attached hydrogen (secondary N) is 1. The van der Waals surface area contributed by atoms with Gasteiger partial charge in [0.1, 0.15) is 0 Å². The summed E-state index contributed by atoms with van der Waals surface area (Å²) in [4.78, 5) is -1.24. The van der Waals surface area contributed by atoms with Gasteiger partial charge in [-0.25, -0.2) is 16.8 Å². The largest absolute Gasteiger partial charge is 0.416 e. The molecule has 0 unspecified atom stereocenters. The quantitative estimate of drug-likeness (QED) is 0.452. The molecule has 1 heterocycles. The Morgan fingerprint density at radius 1 is 0.800 bits per heavy atom. The summed E-state index contributed by atoms with van der Waals surface area (Å²) in [6.45, 7) is 1.42. The summed E-state index contributed by atoms with van der Waals surface area (Å²) in [6, 6.07) is 7.74.